The third-order valence-corrected chi connectivity index (χ3v) is 3.58. The van der Waals surface area contributed by atoms with Crippen LogP contribution in [0.1, 0.15) is 11.1 Å². The third kappa shape index (κ3) is 4.78. The fourth-order valence-electron chi connectivity index (χ4n) is 2.31. The van der Waals surface area contributed by atoms with E-state index in [4.69, 9.17) is 0 Å². The van der Waals surface area contributed by atoms with E-state index in [0.717, 1.165) is 24.3 Å². The molecule has 122 valence electrons. The van der Waals surface area contributed by atoms with Crippen LogP contribution in [0.2, 0.25) is 0 Å². The Balaban J connectivity index is 1.51. The average molecular weight is 322 g/mol. The van der Waals surface area contributed by atoms with E-state index < -0.39 is 0 Å². The zero-order chi connectivity index (χ0) is 16.6. The summed E-state index contributed by atoms with van der Waals surface area (Å²) in [6.45, 7) is 1.35. The van der Waals surface area contributed by atoms with Crippen LogP contribution in [0.3, 0.4) is 0 Å². The van der Waals surface area contributed by atoms with Crippen LogP contribution in [-0.2, 0) is 13.0 Å². The molecule has 3 rings (SSSR count). The summed E-state index contributed by atoms with van der Waals surface area (Å²) in [5, 5.41) is 6.44. The Bertz CT molecular complexity index is 760. The Hall–Kier alpha value is -2.95. The molecule has 1 heterocycles. The van der Waals surface area contributed by atoms with Gasteiger partial charge in [-0.2, -0.15) is 4.98 Å². The fourth-order valence-corrected chi connectivity index (χ4v) is 2.31. The van der Waals surface area contributed by atoms with Crippen LogP contribution in [-0.4, -0.2) is 16.5 Å². The summed E-state index contributed by atoms with van der Waals surface area (Å²) in [7, 11) is 0. The van der Waals surface area contributed by atoms with Gasteiger partial charge in [0, 0.05) is 19.3 Å². The van der Waals surface area contributed by atoms with Gasteiger partial charge in [0.15, 0.2) is 0 Å². The van der Waals surface area contributed by atoms with Crippen LogP contribution in [0.5, 0.6) is 0 Å². The van der Waals surface area contributed by atoms with Crippen LogP contribution in [0.15, 0.2) is 66.9 Å². The lowest BCUT2D eigenvalue weighted by Gasteiger charge is -2.08. The number of rotatable bonds is 7. The van der Waals surface area contributed by atoms with E-state index >= 15 is 0 Å². The molecule has 0 amide bonds. The molecule has 0 bridgehead atoms. The van der Waals surface area contributed by atoms with E-state index in [9.17, 15) is 4.39 Å². The summed E-state index contributed by atoms with van der Waals surface area (Å²) < 4.78 is 12.9. The maximum atomic E-state index is 12.9. The quantitative estimate of drug-likeness (QED) is 0.693. The number of anilines is 2. The van der Waals surface area contributed by atoms with Gasteiger partial charge in [0.2, 0.25) is 5.95 Å². The number of aromatic nitrogens is 2. The van der Waals surface area contributed by atoms with Crippen molar-refractivity contribution < 1.29 is 4.39 Å². The zero-order valence-electron chi connectivity index (χ0n) is 13.2. The Kier molecular flexibility index (Phi) is 5.35. The molecule has 0 radical (unpaired) electrons. The number of nitrogens with one attached hydrogen (secondary N) is 2. The van der Waals surface area contributed by atoms with Gasteiger partial charge >= 0.3 is 0 Å². The SMILES string of the molecule is Fc1ccc(CNc2nccc(NCCc3ccccc3)n2)cc1. The van der Waals surface area contributed by atoms with Crippen LogP contribution >= 0.6 is 0 Å². The third-order valence-electron chi connectivity index (χ3n) is 3.58. The van der Waals surface area contributed by atoms with Gasteiger partial charge in [0.05, 0.1) is 0 Å². The second-order valence-electron chi connectivity index (χ2n) is 5.41. The van der Waals surface area contributed by atoms with Crippen molar-refractivity contribution >= 4 is 11.8 Å². The minimum Gasteiger partial charge on any atom is -0.370 e. The summed E-state index contributed by atoms with van der Waals surface area (Å²) in [5.74, 6) is 1.09. The van der Waals surface area contributed by atoms with E-state index in [2.05, 4.69) is 32.7 Å². The Morgan fingerprint density at radius 1 is 0.833 bits per heavy atom. The monoisotopic (exact) mass is 322 g/mol. The van der Waals surface area contributed by atoms with Gasteiger partial charge in [-0.15, -0.1) is 0 Å². The number of hydrogen-bond donors (Lipinski definition) is 2. The van der Waals surface area contributed by atoms with Gasteiger partial charge in [-0.25, -0.2) is 9.37 Å². The summed E-state index contributed by atoms with van der Waals surface area (Å²) in [5.41, 5.74) is 2.26. The van der Waals surface area contributed by atoms with E-state index in [1.54, 1.807) is 18.3 Å². The van der Waals surface area contributed by atoms with Crippen molar-refractivity contribution in [1.82, 2.24) is 9.97 Å². The topological polar surface area (TPSA) is 49.8 Å². The first-order chi connectivity index (χ1) is 11.8. The molecule has 24 heavy (non-hydrogen) atoms. The molecule has 4 nitrogen and oxygen atoms in total. The number of nitrogens with zero attached hydrogens (tertiary/aromatic N) is 2. The molecule has 0 saturated carbocycles. The Morgan fingerprint density at radius 2 is 1.62 bits per heavy atom. The molecule has 0 unspecified atom stereocenters. The highest BCUT2D eigenvalue weighted by molar-refractivity contribution is 5.40. The van der Waals surface area contributed by atoms with Crippen molar-refractivity contribution in [3.8, 4) is 0 Å². The largest absolute Gasteiger partial charge is 0.370 e. The lowest BCUT2D eigenvalue weighted by Crippen LogP contribution is -2.09. The predicted octanol–water partition coefficient (Wildman–Crippen LogP) is 3.88. The minimum atomic E-state index is -0.236. The van der Waals surface area contributed by atoms with Crippen molar-refractivity contribution in [2.75, 3.05) is 17.2 Å². The van der Waals surface area contributed by atoms with Gasteiger partial charge in [-0.1, -0.05) is 42.5 Å². The second kappa shape index (κ2) is 8.06. The van der Waals surface area contributed by atoms with Crippen LogP contribution in [0, 0.1) is 5.82 Å². The van der Waals surface area contributed by atoms with Crippen molar-refractivity contribution in [2.24, 2.45) is 0 Å². The average Bonchev–Trinajstić information content (AvgIpc) is 2.63. The molecule has 0 fully saturated rings. The molecule has 1 aromatic heterocycles. The van der Waals surface area contributed by atoms with E-state index in [0.29, 0.717) is 12.5 Å². The summed E-state index contributed by atoms with van der Waals surface area (Å²) in [6, 6.07) is 18.5. The predicted molar refractivity (Wildman–Crippen MR) is 94.4 cm³/mol. The first-order valence-electron chi connectivity index (χ1n) is 7.89. The first-order valence-corrected chi connectivity index (χ1v) is 7.89. The molecule has 2 N–H and O–H groups in total. The lowest BCUT2D eigenvalue weighted by atomic mass is 10.1. The van der Waals surface area contributed by atoms with Crippen molar-refractivity contribution in [1.29, 1.82) is 0 Å². The number of halogens is 1. The van der Waals surface area contributed by atoms with E-state index in [-0.39, 0.29) is 5.82 Å². The molecule has 0 spiro atoms. The van der Waals surface area contributed by atoms with Crippen molar-refractivity contribution in [2.45, 2.75) is 13.0 Å². The lowest BCUT2D eigenvalue weighted by molar-refractivity contribution is 0.627. The van der Waals surface area contributed by atoms with Crippen LogP contribution < -0.4 is 10.6 Å². The van der Waals surface area contributed by atoms with Gasteiger partial charge in [0.1, 0.15) is 11.6 Å². The number of benzene rings is 2. The fraction of sp³-hybridized carbons (Fsp3) is 0.158. The second-order valence-corrected chi connectivity index (χ2v) is 5.41. The molecule has 2 aromatic carbocycles. The van der Waals surface area contributed by atoms with Gasteiger partial charge in [0.25, 0.3) is 0 Å². The van der Waals surface area contributed by atoms with Gasteiger partial charge < -0.3 is 10.6 Å². The maximum Gasteiger partial charge on any atom is 0.224 e. The smallest absolute Gasteiger partial charge is 0.224 e. The molecular weight excluding hydrogens is 303 g/mol. The highest BCUT2D eigenvalue weighted by Crippen LogP contribution is 2.09. The standard InChI is InChI=1S/C19H19FN4/c20-17-8-6-16(7-9-17)14-23-19-22-13-11-18(24-19)21-12-10-15-4-2-1-3-5-15/h1-9,11,13H,10,12,14H2,(H2,21,22,23,24). The minimum absolute atomic E-state index is 0.236. The highest BCUT2D eigenvalue weighted by Gasteiger charge is 2.00. The summed E-state index contributed by atoms with van der Waals surface area (Å²) in [4.78, 5) is 8.63. The van der Waals surface area contributed by atoms with Crippen LogP contribution in [0.25, 0.3) is 0 Å². The Morgan fingerprint density at radius 3 is 2.42 bits per heavy atom. The molecule has 0 aliphatic heterocycles. The normalized spacial score (nSPS) is 10.4. The van der Waals surface area contributed by atoms with Crippen molar-refractivity contribution in [3.05, 3.63) is 83.8 Å². The summed E-state index contributed by atoms with van der Waals surface area (Å²) in [6.07, 6.45) is 2.65. The maximum absolute atomic E-state index is 12.9. The molecule has 0 aliphatic carbocycles. The highest BCUT2D eigenvalue weighted by atomic mass is 19.1. The molecule has 0 aliphatic rings. The van der Waals surface area contributed by atoms with E-state index in [1.807, 2.05) is 24.3 Å². The molecule has 5 heteroatoms. The molecule has 3 aromatic rings. The van der Waals surface area contributed by atoms with Gasteiger partial charge in [-0.3, -0.25) is 0 Å². The number of hydrogen-bond acceptors (Lipinski definition) is 4. The molecular formula is C19H19FN4. The molecule has 0 saturated heterocycles. The Labute approximate surface area is 140 Å². The molecule has 0 atom stereocenters. The van der Waals surface area contributed by atoms with Crippen molar-refractivity contribution in [3.63, 3.8) is 0 Å². The first kappa shape index (κ1) is 15.9. The zero-order valence-corrected chi connectivity index (χ0v) is 13.2. The summed E-state index contributed by atoms with van der Waals surface area (Å²) >= 11 is 0. The van der Waals surface area contributed by atoms with Crippen LogP contribution in [0.4, 0.5) is 16.2 Å². The van der Waals surface area contributed by atoms with E-state index in [1.165, 1.54) is 17.7 Å². The van der Waals surface area contributed by atoms with Gasteiger partial charge in [-0.05, 0) is 35.7 Å².